The van der Waals surface area contributed by atoms with Gasteiger partial charge in [-0.3, -0.25) is 0 Å². The van der Waals surface area contributed by atoms with Gasteiger partial charge in [0.05, 0.1) is 0 Å². The monoisotopic (exact) mass is 218 g/mol. The minimum Gasteiger partial charge on any atom is -0.476 e. The molecule has 0 heterocycles. The lowest BCUT2D eigenvalue weighted by atomic mass is 10.0. The quantitative estimate of drug-likeness (QED) is 0.826. The Hall–Kier alpha value is -1.53. The van der Waals surface area contributed by atoms with Crippen molar-refractivity contribution in [3.05, 3.63) is 29.8 Å². The van der Waals surface area contributed by atoms with Crippen LogP contribution in [0.15, 0.2) is 24.3 Å². The van der Waals surface area contributed by atoms with Gasteiger partial charge in [0.25, 0.3) is 0 Å². The molecule has 0 aromatic heterocycles. The van der Waals surface area contributed by atoms with E-state index in [9.17, 15) is 0 Å². The van der Waals surface area contributed by atoms with Gasteiger partial charge in [-0.05, 0) is 26.5 Å². The molecule has 0 aliphatic heterocycles. The van der Waals surface area contributed by atoms with Gasteiger partial charge < -0.3 is 10.1 Å². The topological polar surface area (TPSA) is 45.0 Å². The third-order valence-electron chi connectivity index (χ3n) is 2.54. The number of nitriles is 1. The zero-order valence-corrected chi connectivity index (χ0v) is 10.0. The number of para-hydroxylation sites is 1. The second-order valence-corrected chi connectivity index (χ2v) is 3.68. The van der Waals surface area contributed by atoms with E-state index in [2.05, 4.69) is 18.3 Å². The summed E-state index contributed by atoms with van der Waals surface area (Å²) in [5.41, 5.74) is 1.11. The molecule has 0 radical (unpaired) electrons. The molecule has 0 bridgehead atoms. The molecule has 1 N–H and O–H groups in total. The first-order valence-corrected chi connectivity index (χ1v) is 5.55. The van der Waals surface area contributed by atoms with Gasteiger partial charge in [0.1, 0.15) is 11.8 Å². The van der Waals surface area contributed by atoms with E-state index in [1.807, 2.05) is 31.3 Å². The van der Waals surface area contributed by atoms with Crippen LogP contribution < -0.4 is 10.1 Å². The van der Waals surface area contributed by atoms with Crippen LogP contribution >= 0.6 is 0 Å². The van der Waals surface area contributed by atoms with Crippen LogP contribution in [0.25, 0.3) is 0 Å². The summed E-state index contributed by atoms with van der Waals surface area (Å²) < 4.78 is 5.58. The Labute approximate surface area is 97.0 Å². The van der Waals surface area contributed by atoms with Crippen LogP contribution in [-0.2, 0) is 0 Å². The van der Waals surface area contributed by atoms with E-state index >= 15 is 0 Å². The van der Waals surface area contributed by atoms with Gasteiger partial charge in [-0.25, -0.2) is 0 Å². The molecule has 1 rings (SSSR count). The number of hydrogen-bond donors (Lipinski definition) is 1. The summed E-state index contributed by atoms with van der Waals surface area (Å²) in [7, 11) is 1.93. The lowest BCUT2D eigenvalue weighted by Gasteiger charge is -2.19. The molecular weight excluding hydrogens is 200 g/mol. The Morgan fingerprint density at radius 1 is 1.44 bits per heavy atom. The molecule has 0 aliphatic carbocycles. The fraction of sp³-hybridized carbons (Fsp3) is 0.462. The molecule has 0 saturated heterocycles. The van der Waals surface area contributed by atoms with Crippen LogP contribution in [0.1, 0.15) is 31.9 Å². The number of benzene rings is 1. The minimum atomic E-state index is -0.421. The Morgan fingerprint density at radius 2 is 2.12 bits per heavy atom. The molecule has 0 fully saturated rings. The van der Waals surface area contributed by atoms with Crippen LogP contribution in [0, 0.1) is 11.3 Å². The van der Waals surface area contributed by atoms with Crippen LogP contribution in [0.2, 0.25) is 0 Å². The maximum atomic E-state index is 8.75. The van der Waals surface area contributed by atoms with Crippen molar-refractivity contribution in [3.63, 3.8) is 0 Å². The summed E-state index contributed by atoms with van der Waals surface area (Å²) in [6.07, 6.45) is 0.563. The smallest absolute Gasteiger partial charge is 0.181 e. The standard InChI is InChI=1S/C13H18N2O/c1-4-12(15-3)11-7-5-6-8-13(11)16-10(2)9-14/h5-8,10,12,15H,4H2,1-3H3. The highest BCUT2D eigenvalue weighted by Crippen LogP contribution is 2.27. The second-order valence-electron chi connectivity index (χ2n) is 3.68. The minimum absolute atomic E-state index is 0.266. The van der Waals surface area contributed by atoms with Crippen molar-refractivity contribution in [2.45, 2.75) is 32.4 Å². The van der Waals surface area contributed by atoms with E-state index < -0.39 is 6.10 Å². The fourth-order valence-corrected chi connectivity index (χ4v) is 1.67. The number of ether oxygens (including phenoxy) is 1. The molecule has 2 unspecified atom stereocenters. The lowest BCUT2D eigenvalue weighted by Crippen LogP contribution is -2.18. The maximum absolute atomic E-state index is 8.75. The van der Waals surface area contributed by atoms with Crippen molar-refractivity contribution >= 4 is 0 Å². The first kappa shape index (κ1) is 12.5. The summed E-state index contributed by atoms with van der Waals surface area (Å²) >= 11 is 0. The molecule has 0 aliphatic rings. The van der Waals surface area contributed by atoms with Crippen molar-refractivity contribution in [2.24, 2.45) is 0 Å². The van der Waals surface area contributed by atoms with E-state index in [-0.39, 0.29) is 6.04 Å². The molecule has 3 nitrogen and oxygen atoms in total. The van der Waals surface area contributed by atoms with Crippen LogP contribution in [0.4, 0.5) is 0 Å². The van der Waals surface area contributed by atoms with Crippen molar-refractivity contribution in [2.75, 3.05) is 7.05 Å². The average Bonchev–Trinajstić information content (AvgIpc) is 2.32. The number of nitrogens with zero attached hydrogens (tertiary/aromatic N) is 1. The SMILES string of the molecule is CCC(NC)c1ccccc1OC(C)C#N. The van der Waals surface area contributed by atoms with Crippen molar-refractivity contribution < 1.29 is 4.74 Å². The molecule has 2 atom stereocenters. The summed E-state index contributed by atoms with van der Waals surface area (Å²) in [5.74, 6) is 0.790. The van der Waals surface area contributed by atoms with Crippen molar-refractivity contribution in [1.29, 1.82) is 5.26 Å². The summed E-state index contributed by atoms with van der Waals surface area (Å²) in [5, 5.41) is 12.0. The third kappa shape index (κ3) is 2.98. The molecule has 16 heavy (non-hydrogen) atoms. The molecule has 1 aromatic rings. The van der Waals surface area contributed by atoms with E-state index in [0.717, 1.165) is 17.7 Å². The molecule has 0 saturated carbocycles. The number of hydrogen-bond acceptors (Lipinski definition) is 3. The lowest BCUT2D eigenvalue weighted by molar-refractivity contribution is 0.270. The van der Waals surface area contributed by atoms with Gasteiger partial charge in [-0.1, -0.05) is 25.1 Å². The highest BCUT2D eigenvalue weighted by Gasteiger charge is 2.13. The van der Waals surface area contributed by atoms with E-state index in [1.54, 1.807) is 6.92 Å². The summed E-state index contributed by atoms with van der Waals surface area (Å²) in [4.78, 5) is 0. The number of rotatable bonds is 5. The van der Waals surface area contributed by atoms with Crippen LogP contribution in [0.5, 0.6) is 5.75 Å². The largest absolute Gasteiger partial charge is 0.476 e. The summed E-state index contributed by atoms with van der Waals surface area (Å²) in [6.45, 7) is 3.86. The zero-order chi connectivity index (χ0) is 12.0. The average molecular weight is 218 g/mol. The normalized spacial score (nSPS) is 13.9. The zero-order valence-electron chi connectivity index (χ0n) is 10.0. The van der Waals surface area contributed by atoms with Gasteiger partial charge in [0.2, 0.25) is 0 Å². The van der Waals surface area contributed by atoms with Crippen molar-refractivity contribution in [1.82, 2.24) is 5.32 Å². The first-order valence-electron chi connectivity index (χ1n) is 5.55. The van der Waals surface area contributed by atoms with Gasteiger partial charge in [-0.2, -0.15) is 5.26 Å². The van der Waals surface area contributed by atoms with Gasteiger partial charge in [-0.15, -0.1) is 0 Å². The Bertz CT molecular complexity index is 366. The highest BCUT2D eigenvalue weighted by atomic mass is 16.5. The summed E-state index contributed by atoms with van der Waals surface area (Å²) in [6, 6.07) is 10.2. The molecular formula is C13H18N2O. The van der Waals surface area contributed by atoms with E-state index in [0.29, 0.717) is 0 Å². The molecule has 3 heteroatoms. The Morgan fingerprint density at radius 3 is 2.69 bits per heavy atom. The predicted octanol–water partition coefficient (Wildman–Crippen LogP) is 2.65. The molecule has 0 spiro atoms. The van der Waals surface area contributed by atoms with Crippen molar-refractivity contribution in [3.8, 4) is 11.8 Å². The maximum Gasteiger partial charge on any atom is 0.181 e. The van der Waals surface area contributed by atoms with Crippen LogP contribution in [-0.4, -0.2) is 13.2 Å². The van der Waals surface area contributed by atoms with Gasteiger partial charge >= 0.3 is 0 Å². The predicted molar refractivity (Wildman–Crippen MR) is 64.2 cm³/mol. The third-order valence-corrected chi connectivity index (χ3v) is 2.54. The molecule has 86 valence electrons. The molecule has 0 amide bonds. The first-order chi connectivity index (χ1) is 7.72. The van der Waals surface area contributed by atoms with E-state index in [4.69, 9.17) is 10.00 Å². The number of nitrogens with one attached hydrogen (secondary N) is 1. The van der Waals surface area contributed by atoms with Gasteiger partial charge in [0.15, 0.2) is 6.10 Å². The highest BCUT2D eigenvalue weighted by molar-refractivity contribution is 5.36. The second kappa shape index (κ2) is 6.14. The Kier molecular flexibility index (Phi) is 4.81. The Balaban J connectivity index is 2.96. The fourth-order valence-electron chi connectivity index (χ4n) is 1.67. The van der Waals surface area contributed by atoms with Crippen LogP contribution in [0.3, 0.4) is 0 Å². The van der Waals surface area contributed by atoms with E-state index in [1.165, 1.54) is 0 Å². The molecule has 1 aromatic carbocycles. The van der Waals surface area contributed by atoms with Gasteiger partial charge in [0, 0.05) is 11.6 Å².